The molecule has 158 valence electrons. The molecule has 0 radical (unpaired) electrons. The van der Waals surface area contributed by atoms with Gasteiger partial charge in [-0.15, -0.1) is 0 Å². The van der Waals surface area contributed by atoms with Crippen molar-refractivity contribution in [3.8, 4) is 0 Å². The smallest absolute Gasteiger partial charge is 0.254 e. The molecule has 5 heteroatoms. The Morgan fingerprint density at radius 1 is 0.900 bits per heavy atom. The second-order valence-electron chi connectivity index (χ2n) is 8.78. The number of ether oxygens (including phenoxy) is 1. The minimum atomic E-state index is 0.137. The Bertz CT molecular complexity index is 868. The monoisotopic (exact) mass is 405 g/mol. The number of rotatable bonds is 4. The second-order valence-corrected chi connectivity index (χ2v) is 8.78. The van der Waals surface area contributed by atoms with Crippen LogP contribution in [0.4, 0.5) is 5.69 Å². The first-order valence-corrected chi connectivity index (χ1v) is 11.3. The predicted octanol–water partition coefficient (Wildman–Crippen LogP) is 3.23. The van der Waals surface area contributed by atoms with Gasteiger partial charge in [-0.05, 0) is 61.1 Å². The molecule has 0 spiro atoms. The zero-order valence-corrected chi connectivity index (χ0v) is 17.6. The molecule has 0 saturated carbocycles. The lowest BCUT2D eigenvalue weighted by Crippen LogP contribution is -2.46. The van der Waals surface area contributed by atoms with Crippen molar-refractivity contribution in [2.45, 2.75) is 44.3 Å². The highest BCUT2D eigenvalue weighted by Crippen LogP contribution is 2.24. The van der Waals surface area contributed by atoms with E-state index in [4.69, 9.17) is 4.74 Å². The van der Waals surface area contributed by atoms with Gasteiger partial charge in [-0.25, -0.2) is 0 Å². The molecule has 30 heavy (non-hydrogen) atoms. The normalized spacial score (nSPS) is 22.2. The Morgan fingerprint density at radius 3 is 2.40 bits per heavy atom. The van der Waals surface area contributed by atoms with E-state index in [2.05, 4.69) is 46.6 Å². The predicted molar refractivity (Wildman–Crippen MR) is 119 cm³/mol. The number of piperidine rings is 1. The highest BCUT2D eigenvalue weighted by Gasteiger charge is 2.25. The van der Waals surface area contributed by atoms with Crippen molar-refractivity contribution >= 4 is 11.6 Å². The molecule has 2 aromatic rings. The van der Waals surface area contributed by atoms with Crippen LogP contribution < -0.4 is 10.2 Å². The van der Waals surface area contributed by atoms with Crippen LogP contribution in [-0.4, -0.2) is 55.7 Å². The number of nitrogens with one attached hydrogen (secondary N) is 1. The Balaban J connectivity index is 1.16. The number of hydrogen-bond acceptors (Lipinski definition) is 4. The summed E-state index contributed by atoms with van der Waals surface area (Å²) in [7, 11) is 0. The van der Waals surface area contributed by atoms with E-state index >= 15 is 0 Å². The number of fused-ring (bicyclic) bond motifs is 1. The Morgan fingerprint density at radius 2 is 1.67 bits per heavy atom. The lowest BCUT2D eigenvalue weighted by atomic mass is 9.99. The minimum Gasteiger partial charge on any atom is -0.380 e. The number of anilines is 1. The molecule has 3 heterocycles. The van der Waals surface area contributed by atoms with Crippen LogP contribution in [-0.2, 0) is 17.7 Å². The fourth-order valence-corrected chi connectivity index (χ4v) is 4.97. The third kappa shape index (κ3) is 4.23. The number of nitrogens with zero attached hydrogens (tertiary/aromatic N) is 2. The number of hydrogen-bond donors (Lipinski definition) is 1. The summed E-state index contributed by atoms with van der Waals surface area (Å²) in [5.41, 5.74) is 4.65. The van der Waals surface area contributed by atoms with Gasteiger partial charge in [0.05, 0.1) is 6.61 Å². The molecule has 3 aliphatic heterocycles. The maximum atomic E-state index is 13.0. The molecule has 0 unspecified atom stereocenters. The lowest BCUT2D eigenvalue weighted by molar-refractivity contribution is 0.0734. The second kappa shape index (κ2) is 8.78. The van der Waals surface area contributed by atoms with Crippen LogP contribution in [0.3, 0.4) is 0 Å². The topological polar surface area (TPSA) is 44.8 Å². The molecule has 1 atom stereocenters. The van der Waals surface area contributed by atoms with Crippen LogP contribution in [0.1, 0.15) is 40.7 Å². The third-order valence-corrected chi connectivity index (χ3v) is 6.79. The molecule has 5 nitrogen and oxygen atoms in total. The summed E-state index contributed by atoms with van der Waals surface area (Å²) in [6.07, 6.45) is 4.39. The molecule has 1 N–H and O–H groups in total. The van der Waals surface area contributed by atoms with E-state index in [1.807, 2.05) is 17.0 Å². The molecule has 1 amide bonds. The number of carbonyl (C=O) groups excluding carboxylic acids is 1. The summed E-state index contributed by atoms with van der Waals surface area (Å²) in [4.78, 5) is 17.4. The van der Waals surface area contributed by atoms with Crippen molar-refractivity contribution in [3.05, 3.63) is 65.2 Å². The van der Waals surface area contributed by atoms with Crippen molar-refractivity contribution in [2.75, 3.05) is 37.7 Å². The van der Waals surface area contributed by atoms with Crippen LogP contribution in [0.25, 0.3) is 0 Å². The Hall–Kier alpha value is -2.37. The summed E-state index contributed by atoms with van der Waals surface area (Å²) >= 11 is 0. The SMILES string of the molecule is O=C(c1ccc(N2CCC(N[C@@H]3CCOC3)CC2)cc1)N1CCc2ccccc2C1. The van der Waals surface area contributed by atoms with E-state index in [1.54, 1.807) is 0 Å². The van der Waals surface area contributed by atoms with Crippen LogP contribution in [0.5, 0.6) is 0 Å². The van der Waals surface area contributed by atoms with E-state index in [1.165, 1.54) is 16.8 Å². The molecule has 0 aliphatic carbocycles. The number of benzene rings is 2. The molecule has 5 rings (SSSR count). The largest absolute Gasteiger partial charge is 0.380 e. The summed E-state index contributed by atoms with van der Waals surface area (Å²) in [6, 6.07) is 17.8. The maximum absolute atomic E-state index is 13.0. The van der Waals surface area contributed by atoms with Gasteiger partial charge in [0.2, 0.25) is 0 Å². The fourth-order valence-electron chi connectivity index (χ4n) is 4.97. The van der Waals surface area contributed by atoms with Crippen LogP contribution in [0.15, 0.2) is 48.5 Å². The summed E-state index contributed by atoms with van der Waals surface area (Å²) in [6.45, 7) is 5.38. The van der Waals surface area contributed by atoms with Crippen molar-refractivity contribution in [1.29, 1.82) is 0 Å². The number of carbonyl (C=O) groups is 1. The van der Waals surface area contributed by atoms with Gasteiger partial charge in [0.15, 0.2) is 0 Å². The maximum Gasteiger partial charge on any atom is 0.254 e. The quantitative estimate of drug-likeness (QED) is 0.848. The fraction of sp³-hybridized carbons (Fsp3) is 0.480. The average Bonchev–Trinajstić information content (AvgIpc) is 3.32. The van der Waals surface area contributed by atoms with Crippen LogP contribution in [0.2, 0.25) is 0 Å². The lowest BCUT2D eigenvalue weighted by Gasteiger charge is -2.35. The summed E-state index contributed by atoms with van der Waals surface area (Å²) in [5.74, 6) is 0.137. The van der Waals surface area contributed by atoms with Crippen LogP contribution in [0, 0.1) is 0 Å². The van der Waals surface area contributed by atoms with Gasteiger partial charge in [-0.1, -0.05) is 24.3 Å². The zero-order chi connectivity index (χ0) is 20.3. The highest BCUT2D eigenvalue weighted by molar-refractivity contribution is 5.94. The minimum absolute atomic E-state index is 0.137. The molecular weight excluding hydrogens is 374 g/mol. The number of amides is 1. The molecule has 3 aliphatic rings. The van der Waals surface area contributed by atoms with Crippen molar-refractivity contribution in [3.63, 3.8) is 0 Å². The highest BCUT2D eigenvalue weighted by atomic mass is 16.5. The van der Waals surface area contributed by atoms with Gasteiger partial charge in [0.1, 0.15) is 0 Å². The van der Waals surface area contributed by atoms with E-state index < -0.39 is 0 Å². The van der Waals surface area contributed by atoms with Gasteiger partial charge in [-0.2, -0.15) is 0 Å². The summed E-state index contributed by atoms with van der Waals surface area (Å²) in [5, 5.41) is 3.76. The van der Waals surface area contributed by atoms with Gasteiger partial charge in [-0.3, -0.25) is 4.79 Å². The van der Waals surface area contributed by atoms with Gasteiger partial charge in [0.25, 0.3) is 5.91 Å². The van der Waals surface area contributed by atoms with Crippen molar-refractivity contribution in [1.82, 2.24) is 10.2 Å². The van der Waals surface area contributed by atoms with Gasteiger partial charge in [0, 0.05) is 56.1 Å². The first-order chi connectivity index (χ1) is 14.8. The Labute approximate surface area is 179 Å². The molecule has 0 bridgehead atoms. The van der Waals surface area contributed by atoms with E-state index in [0.717, 1.165) is 64.1 Å². The molecular formula is C25H31N3O2. The molecule has 2 fully saturated rings. The van der Waals surface area contributed by atoms with Crippen LogP contribution >= 0.6 is 0 Å². The molecule has 0 aromatic heterocycles. The van der Waals surface area contributed by atoms with E-state index in [9.17, 15) is 4.79 Å². The molecule has 2 saturated heterocycles. The summed E-state index contributed by atoms with van der Waals surface area (Å²) < 4.78 is 5.48. The van der Waals surface area contributed by atoms with Crippen molar-refractivity contribution in [2.24, 2.45) is 0 Å². The standard InChI is InChI=1S/C25H31N3O2/c29-25(28-13-9-19-3-1-2-4-21(19)17-28)20-5-7-24(8-6-20)27-14-10-22(11-15-27)26-23-12-16-30-18-23/h1-8,22-23,26H,9-18H2/t23-/m1/s1. The third-order valence-electron chi connectivity index (χ3n) is 6.79. The van der Waals surface area contributed by atoms with E-state index in [0.29, 0.717) is 18.6 Å². The first-order valence-electron chi connectivity index (χ1n) is 11.3. The van der Waals surface area contributed by atoms with Crippen molar-refractivity contribution < 1.29 is 9.53 Å². The van der Waals surface area contributed by atoms with E-state index in [-0.39, 0.29) is 5.91 Å². The van der Waals surface area contributed by atoms with Gasteiger partial charge < -0.3 is 19.9 Å². The first kappa shape index (κ1) is 19.6. The zero-order valence-electron chi connectivity index (χ0n) is 17.6. The average molecular weight is 406 g/mol. The molecule has 2 aromatic carbocycles. The van der Waals surface area contributed by atoms with Gasteiger partial charge >= 0.3 is 0 Å². The Kier molecular flexibility index (Phi) is 5.73.